The number of hydrogen-bond acceptors (Lipinski definition) is 11. The van der Waals surface area contributed by atoms with E-state index < -0.39 is 11.4 Å². The van der Waals surface area contributed by atoms with Crippen LogP contribution < -0.4 is 25.6 Å². The molecule has 4 rings (SSSR count). The molecule has 3 aromatic rings. The van der Waals surface area contributed by atoms with Crippen molar-refractivity contribution in [3.63, 3.8) is 0 Å². The van der Waals surface area contributed by atoms with Gasteiger partial charge in [0.05, 0.1) is 29.2 Å². The molecule has 1 amide bonds. The minimum absolute atomic E-state index is 0.117. The van der Waals surface area contributed by atoms with Gasteiger partial charge in [0.25, 0.3) is 6.47 Å². The van der Waals surface area contributed by atoms with Crippen molar-refractivity contribution in [2.45, 2.75) is 24.9 Å². The van der Waals surface area contributed by atoms with Gasteiger partial charge in [-0.05, 0) is 57.6 Å². The Bertz CT molecular complexity index is 1500. The molecule has 1 aliphatic rings. The first-order chi connectivity index (χ1) is 20.6. The number of likely N-dealkylation sites (N-methyl/N-ethyl adjacent to an activating group) is 2. The number of hydrogen-bond donors (Lipinski definition) is 3. The number of benzene rings is 2. The Hall–Kier alpha value is -4.49. The van der Waals surface area contributed by atoms with Gasteiger partial charge in [0, 0.05) is 37.5 Å². The van der Waals surface area contributed by atoms with Crippen LogP contribution in [-0.2, 0) is 19.9 Å². The van der Waals surface area contributed by atoms with E-state index in [0.29, 0.717) is 54.2 Å². The average Bonchev–Trinajstić information content (AvgIpc) is 2.96. The minimum atomic E-state index is -0.968. The van der Waals surface area contributed by atoms with Gasteiger partial charge >= 0.3 is 0 Å². The highest BCUT2D eigenvalue weighted by Gasteiger charge is 2.43. The first-order valence-corrected chi connectivity index (χ1v) is 13.8. The number of ether oxygens (including phenoxy) is 2. The van der Waals surface area contributed by atoms with Crippen LogP contribution in [0.3, 0.4) is 0 Å². The standard InChI is InChI=1S/C29H34ClFN8O4/c1-6-26(41)34-22-14-23(25(42-5)15-24(22)39(4)11-10-38(2)3)36-28-33-16-32-27(37-28)35-21-13-19(30)20(31)12-18(21)29(43-17-40)8-7-9-29/h6,12-17H,1,7-11H2,2-5H3,(H,34,41)(H2,32,33,35,36,37). The minimum Gasteiger partial charge on any atom is -0.494 e. The summed E-state index contributed by atoms with van der Waals surface area (Å²) in [6.45, 7) is 5.40. The number of amides is 1. The summed E-state index contributed by atoms with van der Waals surface area (Å²) in [5.41, 5.74) is 1.59. The second-order valence-corrected chi connectivity index (χ2v) is 10.7. The molecule has 3 N–H and O–H groups in total. The molecular formula is C29H34ClFN8O4. The molecule has 12 nitrogen and oxygen atoms in total. The van der Waals surface area contributed by atoms with Crippen LogP contribution in [0.15, 0.2) is 43.2 Å². The van der Waals surface area contributed by atoms with Gasteiger partial charge < -0.3 is 35.2 Å². The van der Waals surface area contributed by atoms with E-state index >= 15 is 0 Å². The van der Waals surface area contributed by atoms with Crippen LogP contribution in [-0.4, -0.2) is 73.6 Å². The highest BCUT2D eigenvalue weighted by molar-refractivity contribution is 6.31. The molecule has 1 heterocycles. The summed E-state index contributed by atoms with van der Waals surface area (Å²) in [5.74, 6) is -0.252. The molecule has 0 bridgehead atoms. The molecule has 0 radical (unpaired) electrons. The maximum absolute atomic E-state index is 14.5. The van der Waals surface area contributed by atoms with E-state index in [1.54, 1.807) is 12.1 Å². The second-order valence-electron chi connectivity index (χ2n) is 10.2. The van der Waals surface area contributed by atoms with Gasteiger partial charge in [-0.2, -0.15) is 4.98 Å². The van der Waals surface area contributed by atoms with Crippen LogP contribution in [0.5, 0.6) is 5.75 Å². The molecule has 1 saturated carbocycles. The molecule has 0 atom stereocenters. The molecule has 228 valence electrons. The number of methoxy groups -OCH3 is 1. The van der Waals surface area contributed by atoms with E-state index in [-0.39, 0.29) is 22.8 Å². The predicted octanol–water partition coefficient (Wildman–Crippen LogP) is 4.83. The van der Waals surface area contributed by atoms with Crippen LogP contribution in [0.2, 0.25) is 5.02 Å². The Labute approximate surface area is 254 Å². The monoisotopic (exact) mass is 612 g/mol. The van der Waals surface area contributed by atoms with Gasteiger partial charge in [-0.1, -0.05) is 18.2 Å². The molecule has 0 spiro atoms. The fourth-order valence-electron chi connectivity index (χ4n) is 4.63. The molecule has 43 heavy (non-hydrogen) atoms. The van der Waals surface area contributed by atoms with Crippen molar-refractivity contribution in [2.75, 3.05) is 62.2 Å². The van der Waals surface area contributed by atoms with E-state index in [2.05, 4.69) is 42.4 Å². The fourth-order valence-corrected chi connectivity index (χ4v) is 4.79. The third-order valence-electron chi connectivity index (χ3n) is 7.11. The largest absolute Gasteiger partial charge is 0.494 e. The molecule has 1 aliphatic carbocycles. The predicted molar refractivity (Wildman–Crippen MR) is 164 cm³/mol. The van der Waals surface area contributed by atoms with Gasteiger partial charge in [0.15, 0.2) is 0 Å². The Balaban J connectivity index is 1.66. The number of rotatable bonds is 14. The Morgan fingerprint density at radius 1 is 1.09 bits per heavy atom. The normalized spacial score (nSPS) is 13.5. The summed E-state index contributed by atoms with van der Waals surface area (Å²) in [6.07, 6.45) is 4.37. The summed E-state index contributed by atoms with van der Waals surface area (Å²) in [5, 5.41) is 8.91. The first kappa shape index (κ1) is 31.4. The third kappa shape index (κ3) is 7.30. The number of aromatic nitrogens is 3. The molecule has 1 fully saturated rings. The third-order valence-corrected chi connectivity index (χ3v) is 7.40. The molecule has 0 saturated heterocycles. The number of halogens is 2. The van der Waals surface area contributed by atoms with Crippen LogP contribution in [0.1, 0.15) is 24.8 Å². The smallest absolute Gasteiger partial charge is 0.293 e. The SMILES string of the molecule is C=CC(=O)Nc1cc(Nc2ncnc(Nc3cc(Cl)c(F)cc3C3(OC=O)CCC3)n2)c(OC)cc1N(C)CCN(C)C. The van der Waals surface area contributed by atoms with Crippen molar-refractivity contribution in [3.8, 4) is 5.75 Å². The van der Waals surface area contributed by atoms with E-state index in [1.165, 1.54) is 31.6 Å². The van der Waals surface area contributed by atoms with E-state index in [4.69, 9.17) is 21.1 Å². The van der Waals surface area contributed by atoms with E-state index in [0.717, 1.165) is 18.7 Å². The quantitative estimate of drug-likeness (QED) is 0.171. The van der Waals surface area contributed by atoms with Crippen LogP contribution in [0.25, 0.3) is 0 Å². The number of anilines is 6. The number of carbonyl (C=O) groups is 2. The maximum Gasteiger partial charge on any atom is 0.293 e. The molecule has 0 unspecified atom stereocenters. The zero-order chi connectivity index (χ0) is 31.1. The topological polar surface area (TPSA) is 134 Å². The lowest BCUT2D eigenvalue weighted by atomic mass is 9.74. The van der Waals surface area contributed by atoms with Crippen molar-refractivity contribution in [2.24, 2.45) is 0 Å². The van der Waals surface area contributed by atoms with Crippen molar-refractivity contribution in [3.05, 3.63) is 59.7 Å². The van der Waals surface area contributed by atoms with Crippen molar-refractivity contribution in [1.29, 1.82) is 0 Å². The summed E-state index contributed by atoms with van der Waals surface area (Å²) in [4.78, 5) is 40.4. The van der Waals surface area contributed by atoms with Crippen LogP contribution >= 0.6 is 11.6 Å². The number of nitrogens with zero attached hydrogens (tertiary/aromatic N) is 5. The van der Waals surface area contributed by atoms with Crippen molar-refractivity contribution >= 4 is 58.6 Å². The number of nitrogens with one attached hydrogen (secondary N) is 3. The molecular weight excluding hydrogens is 579 g/mol. The average molecular weight is 613 g/mol. The van der Waals surface area contributed by atoms with Gasteiger partial charge in [0.2, 0.25) is 17.8 Å². The zero-order valence-corrected chi connectivity index (χ0v) is 25.2. The van der Waals surface area contributed by atoms with Gasteiger partial charge in [0.1, 0.15) is 23.5 Å². The summed E-state index contributed by atoms with van der Waals surface area (Å²) in [6, 6.07) is 6.18. The van der Waals surface area contributed by atoms with Gasteiger partial charge in [-0.3, -0.25) is 9.59 Å². The highest BCUT2D eigenvalue weighted by atomic mass is 35.5. The van der Waals surface area contributed by atoms with Crippen molar-refractivity contribution < 1.29 is 23.5 Å². The van der Waals surface area contributed by atoms with Crippen LogP contribution in [0, 0.1) is 5.82 Å². The van der Waals surface area contributed by atoms with Gasteiger partial charge in [-0.15, -0.1) is 0 Å². The second kappa shape index (κ2) is 13.7. The number of carbonyl (C=O) groups excluding carboxylic acids is 2. The summed E-state index contributed by atoms with van der Waals surface area (Å²) < 4.78 is 25.5. The Kier molecular flexibility index (Phi) is 9.99. The summed E-state index contributed by atoms with van der Waals surface area (Å²) >= 11 is 6.10. The lowest BCUT2D eigenvalue weighted by Crippen LogP contribution is -2.37. The molecule has 14 heteroatoms. The van der Waals surface area contributed by atoms with E-state index in [1.807, 2.05) is 26.0 Å². The first-order valence-electron chi connectivity index (χ1n) is 13.4. The molecule has 0 aliphatic heterocycles. The van der Waals surface area contributed by atoms with Crippen LogP contribution in [0.4, 0.5) is 39.0 Å². The fraction of sp³-hybridized carbons (Fsp3) is 0.345. The Morgan fingerprint density at radius 3 is 2.37 bits per heavy atom. The lowest BCUT2D eigenvalue weighted by Gasteiger charge is -2.41. The van der Waals surface area contributed by atoms with E-state index in [9.17, 15) is 14.0 Å². The lowest BCUT2D eigenvalue weighted by molar-refractivity contribution is -0.155. The Morgan fingerprint density at radius 2 is 1.79 bits per heavy atom. The highest BCUT2D eigenvalue weighted by Crippen LogP contribution is 2.48. The maximum atomic E-state index is 14.5. The molecule has 1 aromatic heterocycles. The summed E-state index contributed by atoms with van der Waals surface area (Å²) in [7, 11) is 7.41. The molecule has 2 aromatic carbocycles. The van der Waals surface area contributed by atoms with Gasteiger partial charge in [-0.25, -0.2) is 14.4 Å². The van der Waals surface area contributed by atoms with Crippen molar-refractivity contribution in [1.82, 2.24) is 19.9 Å². The zero-order valence-electron chi connectivity index (χ0n) is 24.4.